The summed E-state index contributed by atoms with van der Waals surface area (Å²) in [5.74, 6) is -2.76. The van der Waals surface area contributed by atoms with E-state index in [0.717, 1.165) is 16.7 Å². The van der Waals surface area contributed by atoms with Crippen molar-refractivity contribution in [2.75, 3.05) is 6.61 Å². The minimum absolute atomic E-state index is 0.0129. The minimum atomic E-state index is -1.23. The van der Waals surface area contributed by atoms with Crippen molar-refractivity contribution >= 4 is 17.8 Å². The first-order valence-corrected chi connectivity index (χ1v) is 11.7. The van der Waals surface area contributed by atoms with Crippen LogP contribution in [0.3, 0.4) is 0 Å². The second-order valence-electron chi connectivity index (χ2n) is 8.55. The highest BCUT2D eigenvalue weighted by atomic mass is 16.5. The maximum absolute atomic E-state index is 13.5. The van der Waals surface area contributed by atoms with E-state index in [-0.39, 0.29) is 19.4 Å². The smallest absolute Gasteiger partial charge is 0.326 e. The van der Waals surface area contributed by atoms with Gasteiger partial charge in [0.05, 0.1) is 18.4 Å². The summed E-state index contributed by atoms with van der Waals surface area (Å²) in [5.41, 5.74) is 1.90. The molecule has 0 fully saturated rings. The number of carbonyl (C=O) groups excluding carboxylic acids is 2. The molecule has 6 heteroatoms. The molecule has 0 radical (unpaired) electrons. The zero-order valence-corrected chi connectivity index (χ0v) is 20.0. The summed E-state index contributed by atoms with van der Waals surface area (Å²) in [4.78, 5) is 37.5. The Bertz CT molecular complexity index is 1020. The van der Waals surface area contributed by atoms with Crippen LogP contribution in [0.4, 0.5) is 0 Å². The van der Waals surface area contributed by atoms with Crippen molar-refractivity contribution in [2.24, 2.45) is 5.92 Å². The summed E-state index contributed by atoms with van der Waals surface area (Å²) in [5, 5.41) is 12.5. The predicted molar refractivity (Wildman–Crippen MR) is 134 cm³/mol. The summed E-state index contributed by atoms with van der Waals surface area (Å²) in [6.07, 6.45) is -0.118. The zero-order chi connectivity index (χ0) is 25.3. The summed E-state index contributed by atoms with van der Waals surface area (Å²) in [6, 6.07) is 27.9. The van der Waals surface area contributed by atoms with Gasteiger partial charge in [-0.2, -0.15) is 0 Å². The second-order valence-corrected chi connectivity index (χ2v) is 8.55. The lowest BCUT2D eigenvalue weighted by Gasteiger charge is -2.36. The molecule has 0 saturated heterocycles. The Labute approximate surface area is 206 Å². The Morgan fingerprint density at radius 1 is 0.829 bits per heavy atom. The Kier molecular flexibility index (Phi) is 8.79. The van der Waals surface area contributed by atoms with E-state index in [2.05, 4.69) is 5.32 Å². The molecule has 3 aromatic rings. The normalized spacial score (nSPS) is 12.9. The number of nitrogens with one attached hydrogen (secondary N) is 1. The molecule has 0 aliphatic rings. The summed E-state index contributed by atoms with van der Waals surface area (Å²) < 4.78 is 4.96. The average Bonchev–Trinajstić information content (AvgIpc) is 2.87. The largest absolute Gasteiger partial charge is 0.480 e. The first kappa shape index (κ1) is 25.7. The number of aliphatic carboxylic acids is 1. The first-order valence-electron chi connectivity index (χ1n) is 11.7. The average molecular weight is 474 g/mol. The predicted octanol–water partition coefficient (Wildman–Crippen LogP) is 4.57. The van der Waals surface area contributed by atoms with E-state index in [0.29, 0.717) is 0 Å². The molecule has 182 valence electrons. The fraction of sp³-hybridized carbons (Fsp3) is 0.276. The number of amides is 1. The minimum Gasteiger partial charge on any atom is -0.480 e. The standard InChI is InChI=1S/C29H31NO5/c1-3-35-26(32)19-21(2)27(28(33)34)30-25(31)20-29(22-13-7-4-8-14-22,23-15-9-5-10-16-23)24-17-11-6-12-18-24/h4-18,21,27H,3,19-20H2,1-2H3,(H,30,31)(H,33,34)/t21-,27+/m1/s1. The van der Waals surface area contributed by atoms with Crippen LogP contribution in [0.15, 0.2) is 91.0 Å². The molecule has 0 aliphatic heterocycles. The third-order valence-corrected chi connectivity index (χ3v) is 6.17. The molecule has 6 nitrogen and oxygen atoms in total. The number of hydrogen-bond donors (Lipinski definition) is 2. The van der Waals surface area contributed by atoms with Gasteiger partial charge in [-0.15, -0.1) is 0 Å². The van der Waals surface area contributed by atoms with Crippen LogP contribution >= 0.6 is 0 Å². The van der Waals surface area contributed by atoms with E-state index in [1.807, 2.05) is 91.0 Å². The van der Waals surface area contributed by atoms with Gasteiger partial charge in [-0.3, -0.25) is 9.59 Å². The highest BCUT2D eigenvalue weighted by Crippen LogP contribution is 2.42. The highest BCUT2D eigenvalue weighted by molar-refractivity contribution is 5.86. The van der Waals surface area contributed by atoms with Crippen LogP contribution in [0, 0.1) is 5.92 Å². The van der Waals surface area contributed by atoms with E-state index in [1.165, 1.54) is 0 Å². The van der Waals surface area contributed by atoms with Crippen molar-refractivity contribution < 1.29 is 24.2 Å². The molecule has 2 N–H and O–H groups in total. The number of esters is 1. The molecule has 0 bridgehead atoms. The van der Waals surface area contributed by atoms with Crippen LogP contribution in [-0.4, -0.2) is 35.6 Å². The number of benzene rings is 3. The van der Waals surface area contributed by atoms with Crippen molar-refractivity contribution in [2.45, 2.75) is 38.1 Å². The topological polar surface area (TPSA) is 92.7 Å². The molecule has 0 spiro atoms. The van der Waals surface area contributed by atoms with Gasteiger partial charge in [-0.1, -0.05) is 97.9 Å². The van der Waals surface area contributed by atoms with E-state index in [1.54, 1.807) is 13.8 Å². The van der Waals surface area contributed by atoms with E-state index >= 15 is 0 Å². The molecule has 2 atom stereocenters. The zero-order valence-electron chi connectivity index (χ0n) is 20.0. The van der Waals surface area contributed by atoms with Gasteiger partial charge >= 0.3 is 11.9 Å². The molecular weight excluding hydrogens is 442 g/mol. The Morgan fingerprint density at radius 3 is 1.63 bits per heavy atom. The molecule has 0 aromatic heterocycles. The molecule has 0 saturated carbocycles. The lowest BCUT2D eigenvalue weighted by molar-refractivity contribution is -0.147. The van der Waals surface area contributed by atoms with E-state index in [9.17, 15) is 19.5 Å². The number of carbonyl (C=O) groups is 3. The Balaban J connectivity index is 2.01. The van der Waals surface area contributed by atoms with Gasteiger partial charge < -0.3 is 15.2 Å². The Hall–Kier alpha value is -3.93. The van der Waals surface area contributed by atoms with Gasteiger partial charge in [0.15, 0.2) is 0 Å². The third kappa shape index (κ3) is 6.15. The van der Waals surface area contributed by atoms with Gasteiger partial charge in [0.1, 0.15) is 6.04 Å². The SMILES string of the molecule is CCOC(=O)C[C@@H](C)[C@H](NC(=O)CC(c1ccccc1)(c1ccccc1)c1ccccc1)C(=O)O. The molecule has 35 heavy (non-hydrogen) atoms. The van der Waals surface area contributed by atoms with Crippen LogP contribution in [-0.2, 0) is 24.5 Å². The number of carboxylic acid groups (broad SMARTS) is 1. The van der Waals surface area contributed by atoms with Gasteiger partial charge in [0.2, 0.25) is 5.91 Å². The maximum Gasteiger partial charge on any atom is 0.326 e. The fourth-order valence-electron chi connectivity index (χ4n) is 4.49. The maximum atomic E-state index is 13.5. The summed E-state index contributed by atoms with van der Waals surface area (Å²) in [6.45, 7) is 3.52. The lowest BCUT2D eigenvalue weighted by atomic mass is 9.67. The first-order chi connectivity index (χ1) is 16.9. The molecule has 0 unspecified atom stereocenters. The van der Waals surface area contributed by atoms with Crippen molar-refractivity contribution in [3.05, 3.63) is 108 Å². The Morgan fingerprint density at radius 2 is 1.26 bits per heavy atom. The molecule has 3 aromatic carbocycles. The third-order valence-electron chi connectivity index (χ3n) is 6.17. The van der Waals surface area contributed by atoms with E-state index in [4.69, 9.17) is 4.74 Å². The number of hydrogen-bond acceptors (Lipinski definition) is 4. The molecular formula is C29H31NO5. The van der Waals surface area contributed by atoms with Crippen LogP contribution in [0.1, 0.15) is 43.4 Å². The van der Waals surface area contributed by atoms with Gasteiger partial charge in [0.25, 0.3) is 0 Å². The highest BCUT2D eigenvalue weighted by Gasteiger charge is 2.39. The van der Waals surface area contributed by atoms with Gasteiger partial charge in [-0.05, 0) is 29.5 Å². The summed E-state index contributed by atoms with van der Waals surface area (Å²) >= 11 is 0. The number of rotatable bonds is 11. The van der Waals surface area contributed by atoms with Crippen molar-refractivity contribution in [3.63, 3.8) is 0 Å². The van der Waals surface area contributed by atoms with Crippen LogP contribution < -0.4 is 5.32 Å². The van der Waals surface area contributed by atoms with Crippen LogP contribution in [0.25, 0.3) is 0 Å². The molecule has 1 amide bonds. The number of ether oxygens (including phenoxy) is 1. The summed E-state index contributed by atoms with van der Waals surface area (Å²) in [7, 11) is 0. The molecule has 0 aliphatic carbocycles. The van der Waals surface area contributed by atoms with Crippen LogP contribution in [0.5, 0.6) is 0 Å². The van der Waals surface area contributed by atoms with Crippen molar-refractivity contribution in [1.82, 2.24) is 5.32 Å². The van der Waals surface area contributed by atoms with Gasteiger partial charge in [0, 0.05) is 6.42 Å². The number of carboxylic acids is 1. The van der Waals surface area contributed by atoms with E-state index < -0.39 is 35.2 Å². The lowest BCUT2D eigenvalue weighted by Crippen LogP contribution is -2.48. The molecule has 0 heterocycles. The van der Waals surface area contributed by atoms with Gasteiger partial charge in [-0.25, -0.2) is 4.79 Å². The van der Waals surface area contributed by atoms with Crippen LogP contribution in [0.2, 0.25) is 0 Å². The van der Waals surface area contributed by atoms with Crippen molar-refractivity contribution in [1.29, 1.82) is 0 Å². The molecule has 3 rings (SSSR count). The van der Waals surface area contributed by atoms with Crippen molar-refractivity contribution in [3.8, 4) is 0 Å². The second kappa shape index (κ2) is 12.0. The fourth-order valence-corrected chi connectivity index (χ4v) is 4.49. The monoisotopic (exact) mass is 473 g/mol. The quantitative estimate of drug-likeness (QED) is 0.314.